The molecule has 1 fully saturated rings. The predicted octanol–water partition coefficient (Wildman–Crippen LogP) is 1.04. The van der Waals surface area contributed by atoms with Crippen molar-refractivity contribution in [2.75, 3.05) is 24.5 Å². The molecule has 1 saturated heterocycles. The van der Waals surface area contributed by atoms with Crippen LogP contribution in [0.25, 0.3) is 0 Å². The number of benzene rings is 1. The van der Waals surface area contributed by atoms with Gasteiger partial charge in [0.15, 0.2) is 0 Å². The molecule has 4 nitrogen and oxygen atoms in total. The van der Waals surface area contributed by atoms with Crippen molar-refractivity contribution in [2.24, 2.45) is 0 Å². The molecule has 0 radical (unpaired) electrons. The Hall–Kier alpha value is -1.17. The zero-order valence-electron chi connectivity index (χ0n) is 11.3. The molecule has 0 aliphatic carbocycles. The normalized spacial score (nSPS) is 24.8. The Kier molecular flexibility index (Phi) is 4.39. The molecule has 0 aromatic heterocycles. The maximum atomic E-state index is 14.1. The van der Waals surface area contributed by atoms with Gasteiger partial charge in [-0.05, 0) is 25.1 Å². The summed E-state index contributed by atoms with van der Waals surface area (Å²) in [5.74, 6) is -0.316. The first-order chi connectivity index (χ1) is 9.04. The van der Waals surface area contributed by atoms with E-state index in [1.807, 2.05) is 19.9 Å². The van der Waals surface area contributed by atoms with Crippen molar-refractivity contribution in [2.45, 2.75) is 32.1 Å². The summed E-state index contributed by atoms with van der Waals surface area (Å²) in [5, 5.41) is 22.5. The lowest BCUT2D eigenvalue weighted by molar-refractivity contribution is 0.0572. The number of β-amino-alcohol motifs (C(OH)–C–C–N with tert-alkyl or cyclic N) is 2. The maximum absolute atomic E-state index is 14.1. The van der Waals surface area contributed by atoms with Crippen LogP contribution in [0.15, 0.2) is 18.2 Å². The van der Waals surface area contributed by atoms with Crippen molar-refractivity contribution in [1.29, 1.82) is 0 Å². The Morgan fingerprint density at radius 3 is 2.58 bits per heavy atom. The summed E-state index contributed by atoms with van der Waals surface area (Å²) < 4.78 is 14.1. The number of hydrogen-bond acceptors (Lipinski definition) is 4. The fourth-order valence-corrected chi connectivity index (χ4v) is 2.58. The van der Waals surface area contributed by atoms with Gasteiger partial charge in [-0.15, -0.1) is 0 Å². The molecule has 1 aromatic rings. The second-order valence-corrected chi connectivity index (χ2v) is 5.00. The standard InChI is InChI=1S/C14H21FN2O2/c1-3-16-9(2)10-5-4-6-11(15)14(10)17-7-12(18)13(19)8-17/h4-6,9,12-13,16,18-19H,3,7-8H2,1-2H3. The number of nitrogens with zero attached hydrogens (tertiary/aromatic N) is 1. The molecular formula is C14H21FN2O2. The van der Waals surface area contributed by atoms with Gasteiger partial charge in [0.1, 0.15) is 5.82 Å². The van der Waals surface area contributed by atoms with Crippen LogP contribution in [0.2, 0.25) is 0 Å². The fourth-order valence-electron chi connectivity index (χ4n) is 2.58. The van der Waals surface area contributed by atoms with Crippen molar-refractivity contribution >= 4 is 5.69 Å². The maximum Gasteiger partial charge on any atom is 0.146 e. The van der Waals surface area contributed by atoms with E-state index < -0.39 is 12.2 Å². The van der Waals surface area contributed by atoms with E-state index in [1.54, 1.807) is 11.0 Å². The van der Waals surface area contributed by atoms with Crippen molar-refractivity contribution in [3.05, 3.63) is 29.6 Å². The van der Waals surface area contributed by atoms with Crippen LogP contribution in [0, 0.1) is 5.82 Å². The fraction of sp³-hybridized carbons (Fsp3) is 0.571. The summed E-state index contributed by atoms with van der Waals surface area (Å²) in [6.45, 7) is 5.29. The minimum Gasteiger partial charge on any atom is -0.389 e. The second kappa shape index (κ2) is 5.86. The highest BCUT2D eigenvalue weighted by molar-refractivity contribution is 5.57. The van der Waals surface area contributed by atoms with Crippen molar-refractivity contribution < 1.29 is 14.6 Å². The predicted molar refractivity (Wildman–Crippen MR) is 72.7 cm³/mol. The van der Waals surface area contributed by atoms with Gasteiger partial charge in [0.2, 0.25) is 0 Å². The van der Waals surface area contributed by atoms with Crippen LogP contribution in [0.1, 0.15) is 25.5 Å². The second-order valence-electron chi connectivity index (χ2n) is 5.00. The number of halogens is 1. The molecule has 3 atom stereocenters. The zero-order chi connectivity index (χ0) is 14.0. The third-order valence-electron chi connectivity index (χ3n) is 3.57. The van der Waals surface area contributed by atoms with Crippen LogP contribution in [0.5, 0.6) is 0 Å². The number of rotatable bonds is 4. The molecule has 5 heteroatoms. The topological polar surface area (TPSA) is 55.7 Å². The largest absolute Gasteiger partial charge is 0.389 e. The van der Waals surface area contributed by atoms with Crippen LogP contribution in [-0.4, -0.2) is 42.1 Å². The van der Waals surface area contributed by atoms with E-state index in [0.29, 0.717) is 5.69 Å². The highest BCUT2D eigenvalue weighted by Gasteiger charge is 2.32. The van der Waals surface area contributed by atoms with Gasteiger partial charge in [-0.25, -0.2) is 4.39 Å². The number of anilines is 1. The van der Waals surface area contributed by atoms with Crippen molar-refractivity contribution in [1.82, 2.24) is 5.32 Å². The lowest BCUT2D eigenvalue weighted by Gasteiger charge is -2.25. The van der Waals surface area contributed by atoms with Crippen molar-refractivity contribution in [3.63, 3.8) is 0 Å². The third-order valence-corrected chi connectivity index (χ3v) is 3.57. The van der Waals surface area contributed by atoms with Crippen LogP contribution in [-0.2, 0) is 0 Å². The van der Waals surface area contributed by atoms with E-state index in [4.69, 9.17) is 0 Å². The van der Waals surface area contributed by atoms with Gasteiger partial charge in [0.05, 0.1) is 17.9 Å². The Bertz CT molecular complexity index is 431. The molecule has 1 heterocycles. The lowest BCUT2D eigenvalue weighted by Crippen LogP contribution is -2.27. The van der Waals surface area contributed by atoms with Gasteiger partial charge >= 0.3 is 0 Å². The van der Waals surface area contributed by atoms with Gasteiger partial charge in [-0.3, -0.25) is 0 Å². The highest BCUT2D eigenvalue weighted by atomic mass is 19.1. The molecule has 1 aliphatic rings. The summed E-state index contributed by atoms with van der Waals surface area (Å²) in [7, 11) is 0. The molecule has 0 bridgehead atoms. The van der Waals surface area contributed by atoms with Gasteiger partial charge < -0.3 is 20.4 Å². The van der Waals surface area contributed by atoms with E-state index in [1.165, 1.54) is 6.07 Å². The molecular weight excluding hydrogens is 247 g/mol. The summed E-state index contributed by atoms with van der Waals surface area (Å²) >= 11 is 0. The molecule has 1 aromatic carbocycles. The van der Waals surface area contributed by atoms with E-state index in [9.17, 15) is 14.6 Å². The Morgan fingerprint density at radius 1 is 1.37 bits per heavy atom. The van der Waals surface area contributed by atoms with Crippen LogP contribution < -0.4 is 10.2 Å². The summed E-state index contributed by atoms with van der Waals surface area (Å²) in [6.07, 6.45) is -1.64. The van der Waals surface area contributed by atoms with Crippen LogP contribution >= 0.6 is 0 Å². The van der Waals surface area contributed by atoms with Crippen molar-refractivity contribution in [3.8, 4) is 0 Å². The Balaban J connectivity index is 2.33. The zero-order valence-corrected chi connectivity index (χ0v) is 11.3. The quantitative estimate of drug-likeness (QED) is 0.763. The molecule has 106 valence electrons. The highest BCUT2D eigenvalue weighted by Crippen LogP contribution is 2.31. The molecule has 0 spiro atoms. The monoisotopic (exact) mass is 268 g/mol. The molecule has 19 heavy (non-hydrogen) atoms. The minimum atomic E-state index is -0.818. The average Bonchev–Trinajstić information content (AvgIpc) is 2.69. The third kappa shape index (κ3) is 2.88. The SMILES string of the molecule is CCNC(C)c1cccc(F)c1N1CC(O)C(O)C1. The Morgan fingerprint density at radius 2 is 2.00 bits per heavy atom. The molecule has 1 aliphatic heterocycles. The van der Waals surface area contributed by atoms with Gasteiger partial charge in [0, 0.05) is 19.1 Å². The summed E-state index contributed by atoms with van der Waals surface area (Å²) in [5.41, 5.74) is 1.33. The minimum absolute atomic E-state index is 0.0191. The Labute approximate surface area is 112 Å². The number of aliphatic hydroxyl groups is 2. The van der Waals surface area contributed by atoms with Gasteiger partial charge in [-0.1, -0.05) is 19.1 Å². The van der Waals surface area contributed by atoms with Gasteiger partial charge in [0.25, 0.3) is 0 Å². The smallest absolute Gasteiger partial charge is 0.146 e. The molecule has 3 unspecified atom stereocenters. The first-order valence-corrected chi connectivity index (χ1v) is 6.67. The first-order valence-electron chi connectivity index (χ1n) is 6.67. The van der Waals surface area contributed by atoms with E-state index in [0.717, 1.165) is 12.1 Å². The summed E-state index contributed by atoms with van der Waals surface area (Å²) in [4.78, 5) is 1.72. The van der Waals surface area contributed by atoms with E-state index in [-0.39, 0.29) is 24.9 Å². The first kappa shape index (κ1) is 14.2. The van der Waals surface area contributed by atoms with Crippen LogP contribution in [0.3, 0.4) is 0 Å². The van der Waals surface area contributed by atoms with Crippen LogP contribution in [0.4, 0.5) is 10.1 Å². The summed E-state index contributed by atoms with van der Waals surface area (Å²) in [6, 6.07) is 4.99. The number of aliphatic hydroxyl groups excluding tert-OH is 2. The molecule has 0 saturated carbocycles. The van der Waals surface area contributed by atoms with E-state index >= 15 is 0 Å². The van der Waals surface area contributed by atoms with Gasteiger partial charge in [-0.2, -0.15) is 0 Å². The average molecular weight is 268 g/mol. The number of para-hydroxylation sites is 1. The number of nitrogens with one attached hydrogen (secondary N) is 1. The molecule has 3 N–H and O–H groups in total. The number of hydrogen-bond donors (Lipinski definition) is 3. The molecule has 0 amide bonds. The van der Waals surface area contributed by atoms with E-state index in [2.05, 4.69) is 5.32 Å². The lowest BCUT2D eigenvalue weighted by atomic mass is 10.0. The molecule has 2 rings (SSSR count).